The average molecular weight is 313 g/mol. The van der Waals surface area contributed by atoms with Gasteiger partial charge in [0.15, 0.2) is 0 Å². The van der Waals surface area contributed by atoms with Gasteiger partial charge >= 0.3 is 0 Å². The summed E-state index contributed by atoms with van der Waals surface area (Å²) in [7, 11) is 0. The zero-order valence-electron chi connectivity index (χ0n) is 9.98. The van der Waals surface area contributed by atoms with Crippen LogP contribution in [0.1, 0.15) is 22.2 Å². The van der Waals surface area contributed by atoms with Crippen LogP contribution in [0.4, 0.5) is 0 Å². The lowest BCUT2D eigenvalue weighted by molar-refractivity contribution is 0.0959. The van der Waals surface area contributed by atoms with Crippen molar-refractivity contribution in [3.63, 3.8) is 0 Å². The van der Waals surface area contributed by atoms with Gasteiger partial charge in [0, 0.05) is 15.6 Å². The summed E-state index contributed by atoms with van der Waals surface area (Å²) in [6, 6.07) is 8.64. The first-order chi connectivity index (χ1) is 9.08. The second kappa shape index (κ2) is 6.19. The van der Waals surface area contributed by atoms with E-state index in [1.807, 2.05) is 11.4 Å². The van der Waals surface area contributed by atoms with Crippen molar-refractivity contribution in [3.8, 4) is 0 Å². The molecule has 19 heavy (non-hydrogen) atoms. The molecular weight excluding hydrogens is 303 g/mol. The number of carbonyl (C=O) groups excluding carboxylic acids is 1. The first kappa shape index (κ1) is 14.1. The van der Waals surface area contributed by atoms with E-state index in [1.54, 1.807) is 31.2 Å². The van der Waals surface area contributed by atoms with E-state index in [9.17, 15) is 4.79 Å². The highest BCUT2D eigenvalue weighted by Gasteiger charge is 2.07. The van der Waals surface area contributed by atoms with Crippen LogP contribution in [0.3, 0.4) is 0 Å². The van der Waals surface area contributed by atoms with Crippen molar-refractivity contribution < 1.29 is 4.79 Å². The van der Waals surface area contributed by atoms with Gasteiger partial charge in [-0.1, -0.05) is 29.3 Å². The molecular formula is C13H10Cl2N2OS. The number of benzene rings is 1. The molecule has 0 unspecified atom stereocenters. The number of hydrogen-bond donors (Lipinski definition) is 1. The van der Waals surface area contributed by atoms with Gasteiger partial charge in [-0.15, -0.1) is 11.3 Å². The van der Waals surface area contributed by atoms with Gasteiger partial charge in [-0.3, -0.25) is 4.79 Å². The van der Waals surface area contributed by atoms with Crippen molar-refractivity contribution in [2.45, 2.75) is 6.92 Å². The Morgan fingerprint density at radius 2 is 2.11 bits per heavy atom. The molecule has 0 atom stereocenters. The molecule has 1 amide bonds. The lowest BCUT2D eigenvalue weighted by atomic mass is 10.1. The van der Waals surface area contributed by atoms with Crippen LogP contribution in [0.2, 0.25) is 10.0 Å². The molecule has 2 rings (SSSR count). The van der Waals surface area contributed by atoms with Crippen molar-refractivity contribution in [3.05, 3.63) is 56.2 Å². The summed E-state index contributed by atoms with van der Waals surface area (Å²) in [5.41, 5.74) is 3.78. The van der Waals surface area contributed by atoms with Crippen LogP contribution < -0.4 is 5.43 Å². The van der Waals surface area contributed by atoms with E-state index in [-0.39, 0.29) is 5.91 Å². The van der Waals surface area contributed by atoms with Gasteiger partial charge in [-0.25, -0.2) is 5.43 Å². The standard InChI is InChI=1S/C13H10Cl2N2OS/c1-8(10-7-9(14)4-5-11(10)15)16-17-13(18)12-3-2-6-19-12/h2-7H,1H3,(H,17,18)/b16-8-. The smallest absolute Gasteiger partial charge is 0.266 e. The summed E-state index contributed by atoms with van der Waals surface area (Å²) in [4.78, 5) is 12.3. The van der Waals surface area contributed by atoms with E-state index in [2.05, 4.69) is 10.5 Å². The lowest BCUT2D eigenvalue weighted by Gasteiger charge is -2.05. The highest BCUT2D eigenvalue weighted by molar-refractivity contribution is 7.12. The number of carbonyl (C=O) groups is 1. The Bertz CT molecular complexity index is 624. The molecule has 0 saturated heterocycles. The molecule has 0 radical (unpaired) electrons. The Hall–Kier alpha value is -1.36. The minimum Gasteiger partial charge on any atom is -0.266 e. The SMILES string of the molecule is C/C(=N/NC(=O)c1cccs1)c1cc(Cl)ccc1Cl. The first-order valence-electron chi connectivity index (χ1n) is 5.41. The topological polar surface area (TPSA) is 41.5 Å². The highest BCUT2D eigenvalue weighted by atomic mass is 35.5. The summed E-state index contributed by atoms with van der Waals surface area (Å²) in [5.74, 6) is -0.243. The summed E-state index contributed by atoms with van der Waals surface area (Å²) >= 11 is 13.3. The molecule has 0 spiro atoms. The largest absolute Gasteiger partial charge is 0.281 e. The number of nitrogens with zero attached hydrogens (tertiary/aromatic N) is 1. The maximum Gasteiger partial charge on any atom is 0.281 e. The van der Waals surface area contributed by atoms with Crippen LogP contribution in [0, 0.1) is 0 Å². The molecule has 0 aliphatic carbocycles. The van der Waals surface area contributed by atoms with Crippen LogP contribution in [0.5, 0.6) is 0 Å². The van der Waals surface area contributed by atoms with Crippen molar-refractivity contribution in [1.82, 2.24) is 5.43 Å². The Balaban J connectivity index is 2.15. The number of nitrogens with one attached hydrogen (secondary N) is 1. The number of rotatable bonds is 3. The van der Waals surface area contributed by atoms with Crippen LogP contribution in [0.25, 0.3) is 0 Å². The minimum absolute atomic E-state index is 0.243. The van der Waals surface area contributed by atoms with E-state index in [1.165, 1.54) is 11.3 Å². The normalized spacial score (nSPS) is 11.4. The first-order valence-corrected chi connectivity index (χ1v) is 7.05. The lowest BCUT2D eigenvalue weighted by Crippen LogP contribution is -2.18. The van der Waals surface area contributed by atoms with Gasteiger partial charge in [0.25, 0.3) is 5.91 Å². The van der Waals surface area contributed by atoms with E-state index >= 15 is 0 Å². The van der Waals surface area contributed by atoms with Gasteiger partial charge in [-0.05, 0) is 36.6 Å². The van der Waals surface area contributed by atoms with E-state index in [0.717, 1.165) is 0 Å². The van der Waals surface area contributed by atoms with Gasteiger partial charge in [0.05, 0.1) is 10.6 Å². The molecule has 6 heteroatoms. The molecule has 0 aliphatic heterocycles. The number of amides is 1. The summed E-state index contributed by atoms with van der Waals surface area (Å²) in [6.07, 6.45) is 0. The number of hydrogen-bond acceptors (Lipinski definition) is 3. The van der Waals surface area contributed by atoms with Crippen LogP contribution >= 0.6 is 34.5 Å². The molecule has 0 saturated carbocycles. The molecule has 0 bridgehead atoms. The predicted octanol–water partition coefficient (Wildman–Crippen LogP) is 4.21. The molecule has 0 aliphatic rings. The second-order valence-electron chi connectivity index (χ2n) is 3.74. The zero-order chi connectivity index (χ0) is 13.8. The molecule has 0 fully saturated rings. The third-order valence-corrected chi connectivity index (χ3v) is 3.82. The second-order valence-corrected chi connectivity index (χ2v) is 5.53. The number of halogens is 2. The average Bonchev–Trinajstić information content (AvgIpc) is 2.92. The molecule has 1 aromatic carbocycles. The Kier molecular flexibility index (Phi) is 4.58. The van der Waals surface area contributed by atoms with Crippen LogP contribution in [-0.2, 0) is 0 Å². The van der Waals surface area contributed by atoms with E-state index in [0.29, 0.717) is 26.2 Å². The Morgan fingerprint density at radius 3 is 2.79 bits per heavy atom. The van der Waals surface area contributed by atoms with Gasteiger partial charge in [-0.2, -0.15) is 5.10 Å². The highest BCUT2D eigenvalue weighted by Crippen LogP contribution is 2.21. The van der Waals surface area contributed by atoms with Crippen molar-refractivity contribution in [2.24, 2.45) is 5.10 Å². The monoisotopic (exact) mass is 312 g/mol. The third-order valence-electron chi connectivity index (χ3n) is 2.39. The van der Waals surface area contributed by atoms with Gasteiger partial charge in [0.1, 0.15) is 0 Å². The third kappa shape index (κ3) is 3.56. The molecule has 2 aromatic rings. The summed E-state index contributed by atoms with van der Waals surface area (Å²) in [5, 5.41) is 6.97. The number of hydrazone groups is 1. The summed E-state index contributed by atoms with van der Waals surface area (Å²) in [6.45, 7) is 1.76. The fourth-order valence-electron chi connectivity index (χ4n) is 1.43. The van der Waals surface area contributed by atoms with E-state index < -0.39 is 0 Å². The molecule has 1 heterocycles. The maximum atomic E-state index is 11.7. The molecule has 1 N–H and O–H groups in total. The Labute approximate surface area is 124 Å². The fourth-order valence-corrected chi connectivity index (χ4v) is 2.47. The maximum absolute atomic E-state index is 11.7. The van der Waals surface area contributed by atoms with Crippen molar-refractivity contribution >= 4 is 46.2 Å². The van der Waals surface area contributed by atoms with Crippen molar-refractivity contribution in [1.29, 1.82) is 0 Å². The molecule has 1 aromatic heterocycles. The quantitative estimate of drug-likeness (QED) is 0.669. The molecule has 98 valence electrons. The number of thiophene rings is 1. The van der Waals surface area contributed by atoms with Crippen LogP contribution in [-0.4, -0.2) is 11.6 Å². The fraction of sp³-hybridized carbons (Fsp3) is 0.0769. The van der Waals surface area contributed by atoms with Gasteiger partial charge in [0.2, 0.25) is 0 Å². The predicted molar refractivity (Wildman–Crippen MR) is 80.5 cm³/mol. The van der Waals surface area contributed by atoms with Crippen LogP contribution in [0.15, 0.2) is 40.8 Å². The van der Waals surface area contributed by atoms with Crippen molar-refractivity contribution in [2.75, 3.05) is 0 Å². The molecule has 3 nitrogen and oxygen atoms in total. The minimum atomic E-state index is -0.243. The van der Waals surface area contributed by atoms with Gasteiger partial charge < -0.3 is 0 Å². The Morgan fingerprint density at radius 1 is 1.32 bits per heavy atom. The summed E-state index contributed by atoms with van der Waals surface area (Å²) < 4.78 is 0. The van der Waals surface area contributed by atoms with E-state index in [4.69, 9.17) is 23.2 Å². The zero-order valence-corrected chi connectivity index (χ0v) is 12.3.